The second kappa shape index (κ2) is 7.17. The minimum atomic E-state index is -4.46. The first-order valence-electron chi connectivity index (χ1n) is 6.99. The van der Waals surface area contributed by atoms with E-state index in [2.05, 4.69) is 5.32 Å². The zero-order valence-electron chi connectivity index (χ0n) is 12.5. The number of nitrogens with one attached hydrogen (secondary N) is 1. The number of amides is 1. The first kappa shape index (κ1) is 16.9. The standard InChI is InChI=1S/C17H16F3NO2/c1-23-15-8-3-2-5-12(15)9-10-21-16(22)13-6-4-7-14(11-13)17(18,19)20/h2-8,11H,9-10H2,1H3,(H,21,22). The maximum atomic E-state index is 12.6. The number of halogens is 3. The Morgan fingerprint density at radius 1 is 1.13 bits per heavy atom. The molecular weight excluding hydrogens is 307 g/mol. The van der Waals surface area contributed by atoms with Crippen molar-refractivity contribution in [3.63, 3.8) is 0 Å². The summed E-state index contributed by atoms with van der Waals surface area (Å²) >= 11 is 0. The van der Waals surface area contributed by atoms with Gasteiger partial charge in [0.15, 0.2) is 0 Å². The van der Waals surface area contributed by atoms with Gasteiger partial charge in [0.25, 0.3) is 5.91 Å². The molecule has 0 aliphatic rings. The van der Waals surface area contributed by atoms with Crippen LogP contribution in [-0.4, -0.2) is 19.6 Å². The van der Waals surface area contributed by atoms with E-state index < -0.39 is 17.6 Å². The highest BCUT2D eigenvalue weighted by atomic mass is 19.4. The van der Waals surface area contributed by atoms with Crippen LogP contribution in [0.4, 0.5) is 13.2 Å². The number of alkyl halides is 3. The summed E-state index contributed by atoms with van der Waals surface area (Å²) in [7, 11) is 1.56. The number of hydrogen-bond acceptors (Lipinski definition) is 2. The second-order valence-corrected chi connectivity index (χ2v) is 4.90. The number of methoxy groups -OCH3 is 1. The van der Waals surface area contributed by atoms with Crippen LogP contribution >= 0.6 is 0 Å². The van der Waals surface area contributed by atoms with Crippen molar-refractivity contribution >= 4 is 5.91 Å². The lowest BCUT2D eigenvalue weighted by Crippen LogP contribution is -2.26. The summed E-state index contributed by atoms with van der Waals surface area (Å²) < 4.78 is 43.1. The second-order valence-electron chi connectivity index (χ2n) is 4.90. The predicted molar refractivity (Wildman–Crippen MR) is 80.5 cm³/mol. The summed E-state index contributed by atoms with van der Waals surface area (Å²) in [5.41, 5.74) is 0.0640. The van der Waals surface area contributed by atoms with Crippen LogP contribution in [0.5, 0.6) is 5.75 Å². The Morgan fingerprint density at radius 3 is 2.57 bits per heavy atom. The molecule has 2 aromatic rings. The number of rotatable bonds is 5. The van der Waals surface area contributed by atoms with Crippen LogP contribution in [-0.2, 0) is 12.6 Å². The van der Waals surface area contributed by atoms with E-state index in [0.717, 1.165) is 17.7 Å². The van der Waals surface area contributed by atoms with E-state index in [1.54, 1.807) is 7.11 Å². The predicted octanol–water partition coefficient (Wildman–Crippen LogP) is 3.69. The average molecular weight is 323 g/mol. The Kier molecular flexibility index (Phi) is 5.26. The van der Waals surface area contributed by atoms with Gasteiger partial charge >= 0.3 is 6.18 Å². The molecule has 0 heterocycles. The van der Waals surface area contributed by atoms with Crippen LogP contribution in [0.1, 0.15) is 21.5 Å². The van der Waals surface area contributed by atoms with Crippen molar-refractivity contribution in [2.45, 2.75) is 12.6 Å². The van der Waals surface area contributed by atoms with Crippen molar-refractivity contribution in [2.24, 2.45) is 0 Å². The summed E-state index contributed by atoms with van der Waals surface area (Å²) in [6.45, 7) is 0.301. The van der Waals surface area contributed by atoms with Crippen LogP contribution in [0, 0.1) is 0 Å². The van der Waals surface area contributed by atoms with E-state index >= 15 is 0 Å². The minimum Gasteiger partial charge on any atom is -0.496 e. The Hall–Kier alpha value is -2.50. The van der Waals surface area contributed by atoms with E-state index in [-0.39, 0.29) is 5.56 Å². The number of carbonyl (C=O) groups excluding carboxylic acids is 1. The van der Waals surface area contributed by atoms with Crippen LogP contribution < -0.4 is 10.1 Å². The van der Waals surface area contributed by atoms with Gasteiger partial charge in [-0.1, -0.05) is 24.3 Å². The highest BCUT2D eigenvalue weighted by Crippen LogP contribution is 2.29. The molecule has 2 aromatic carbocycles. The SMILES string of the molecule is COc1ccccc1CCNC(=O)c1cccc(C(F)(F)F)c1. The molecule has 0 aromatic heterocycles. The molecule has 0 spiro atoms. The molecule has 2 rings (SSSR count). The first-order chi connectivity index (χ1) is 10.9. The van der Waals surface area contributed by atoms with Gasteiger partial charge in [0.1, 0.15) is 5.75 Å². The lowest BCUT2D eigenvalue weighted by molar-refractivity contribution is -0.137. The van der Waals surface area contributed by atoms with Crippen molar-refractivity contribution in [1.29, 1.82) is 0 Å². The molecule has 0 saturated heterocycles. The Labute approximate surface area is 132 Å². The molecule has 0 radical (unpaired) electrons. The monoisotopic (exact) mass is 323 g/mol. The third-order valence-electron chi connectivity index (χ3n) is 3.32. The summed E-state index contributed by atoms with van der Waals surface area (Å²) in [5.74, 6) is 0.173. The molecular formula is C17H16F3NO2. The van der Waals surface area contributed by atoms with Crippen molar-refractivity contribution in [2.75, 3.05) is 13.7 Å². The minimum absolute atomic E-state index is 0.0140. The molecule has 0 saturated carbocycles. The van der Waals surface area contributed by atoms with Gasteiger partial charge in [0.2, 0.25) is 0 Å². The Bertz CT molecular complexity index is 684. The van der Waals surface area contributed by atoms with Gasteiger partial charge in [-0.15, -0.1) is 0 Å². The molecule has 0 aliphatic heterocycles. The number of para-hydroxylation sites is 1. The van der Waals surface area contributed by atoms with Crippen LogP contribution in [0.2, 0.25) is 0 Å². The zero-order chi connectivity index (χ0) is 16.9. The van der Waals surface area contributed by atoms with Gasteiger partial charge in [-0.25, -0.2) is 0 Å². The van der Waals surface area contributed by atoms with Gasteiger partial charge < -0.3 is 10.1 Å². The summed E-state index contributed by atoms with van der Waals surface area (Å²) in [6, 6.07) is 11.7. The summed E-state index contributed by atoms with van der Waals surface area (Å²) in [5, 5.41) is 2.62. The molecule has 1 amide bonds. The van der Waals surface area contributed by atoms with Gasteiger partial charge in [0.05, 0.1) is 12.7 Å². The number of benzene rings is 2. The fourth-order valence-electron chi connectivity index (χ4n) is 2.16. The lowest BCUT2D eigenvalue weighted by Gasteiger charge is -2.10. The van der Waals surface area contributed by atoms with E-state index in [9.17, 15) is 18.0 Å². The van der Waals surface area contributed by atoms with E-state index in [1.807, 2.05) is 24.3 Å². The van der Waals surface area contributed by atoms with Crippen LogP contribution in [0.3, 0.4) is 0 Å². The molecule has 1 N–H and O–H groups in total. The third-order valence-corrected chi connectivity index (χ3v) is 3.32. The topological polar surface area (TPSA) is 38.3 Å². The van der Waals surface area contributed by atoms with Gasteiger partial charge in [-0.05, 0) is 36.2 Å². The lowest BCUT2D eigenvalue weighted by atomic mass is 10.1. The largest absolute Gasteiger partial charge is 0.496 e. The van der Waals surface area contributed by atoms with Crippen molar-refractivity contribution in [1.82, 2.24) is 5.32 Å². The number of ether oxygens (including phenoxy) is 1. The molecule has 122 valence electrons. The zero-order valence-corrected chi connectivity index (χ0v) is 12.5. The van der Waals surface area contributed by atoms with Gasteiger partial charge in [-0.2, -0.15) is 13.2 Å². The normalized spacial score (nSPS) is 11.1. The number of carbonyl (C=O) groups is 1. The van der Waals surface area contributed by atoms with E-state index in [1.165, 1.54) is 12.1 Å². The van der Waals surface area contributed by atoms with Gasteiger partial charge in [-0.3, -0.25) is 4.79 Å². The maximum Gasteiger partial charge on any atom is 0.416 e. The molecule has 0 atom stereocenters. The first-order valence-corrected chi connectivity index (χ1v) is 6.99. The smallest absolute Gasteiger partial charge is 0.416 e. The van der Waals surface area contributed by atoms with Crippen LogP contribution in [0.25, 0.3) is 0 Å². The van der Waals surface area contributed by atoms with Crippen LogP contribution in [0.15, 0.2) is 48.5 Å². The maximum absolute atomic E-state index is 12.6. The quantitative estimate of drug-likeness (QED) is 0.911. The van der Waals surface area contributed by atoms with Crippen molar-refractivity contribution in [3.8, 4) is 5.75 Å². The molecule has 6 heteroatoms. The molecule has 0 fully saturated rings. The molecule has 3 nitrogen and oxygen atoms in total. The fourth-order valence-corrected chi connectivity index (χ4v) is 2.16. The average Bonchev–Trinajstić information content (AvgIpc) is 2.54. The molecule has 0 unspecified atom stereocenters. The highest BCUT2D eigenvalue weighted by molar-refractivity contribution is 5.94. The van der Waals surface area contributed by atoms with Crippen molar-refractivity contribution < 1.29 is 22.7 Å². The summed E-state index contributed by atoms with van der Waals surface area (Å²) in [6.07, 6.45) is -3.94. The molecule has 23 heavy (non-hydrogen) atoms. The Morgan fingerprint density at radius 2 is 1.87 bits per heavy atom. The van der Waals surface area contributed by atoms with E-state index in [0.29, 0.717) is 18.7 Å². The van der Waals surface area contributed by atoms with E-state index in [4.69, 9.17) is 4.74 Å². The molecule has 0 bridgehead atoms. The fraction of sp³-hybridized carbons (Fsp3) is 0.235. The van der Waals surface area contributed by atoms with Crippen molar-refractivity contribution in [3.05, 3.63) is 65.2 Å². The number of hydrogen-bond donors (Lipinski definition) is 1. The highest BCUT2D eigenvalue weighted by Gasteiger charge is 2.30. The Balaban J connectivity index is 1.98. The van der Waals surface area contributed by atoms with Gasteiger partial charge in [0, 0.05) is 12.1 Å². The third kappa shape index (κ3) is 4.48. The molecule has 0 aliphatic carbocycles. The summed E-state index contributed by atoms with van der Waals surface area (Å²) in [4.78, 5) is 12.0.